The second-order valence-corrected chi connectivity index (χ2v) is 10.2. The van der Waals surface area contributed by atoms with Crippen LogP contribution < -0.4 is 4.72 Å². The quantitative estimate of drug-likeness (QED) is 0.873. The molecule has 1 fully saturated rings. The molecule has 0 amide bonds. The van der Waals surface area contributed by atoms with Crippen molar-refractivity contribution in [3.05, 3.63) is 34.3 Å². The lowest BCUT2D eigenvalue weighted by atomic mass is 9.92. The summed E-state index contributed by atoms with van der Waals surface area (Å²) in [5, 5.41) is 6.62. The summed E-state index contributed by atoms with van der Waals surface area (Å²) in [6.45, 7) is 6.34. The number of hydrogen-bond donors (Lipinski definition) is 1. The van der Waals surface area contributed by atoms with Crippen molar-refractivity contribution in [3.63, 3.8) is 0 Å². The number of sulfonamides is 1. The summed E-state index contributed by atoms with van der Waals surface area (Å²) < 4.78 is 30.3. The molecule has 0 atom stereocenters. The van der Waals surface area contributed by atoms with E-state index in [2.05, 4.69) is 9.82 Å². The first kappa shape index (κ1) is 17.6. The van der Waals surface area contributed by atoms with Crippen LogP contribution in [0.4, 0.5) is 0 Å². The number of aromatic nitrogens is 2. The van der Waals surface area contributed by atoms with Crippen LogP contribution in [-0.2, 0) is 22.0 Å². The summed E-state index contributed by atoms with van der Waals surface area (Å²) in [5.74, 6) is 0. The Morgan fingerprint density at radius 3 is 2.62 bits per heavy atom. The minimum Gasteiger partial charge on any atom is -0.268 e. The van der Waals surface area contributed by atoms with E-state index in [9.17, 15) is 8.42 Å². The van der Waals surface area contributed by atoms with E-state index in [1.807, 2.05) is 43.0 Å². The Bertz CT molecular complexity index is 780. The maximum Gasteiger partial charge on any atom is 0.244 e. The highest BCUT2D eigenvalue weighted by atomic mass is 32.2. The van der Waals surface area contributed by atoms with Gasteiger partial charge in [-0.3, -0.25) is 4.68 Å². The summed E-state index contributed by atoms with van der Waals surface area (Å²) in [6.07, 6.45) is 6.26. The third kappa shape index (κ3) is 3.73. The number of thiophene rings is 1. The lowest BCUT2D eigenvalue weighted by Crippen LogP contribution is -2.26. The third-order valence-corrected chi connectivity index (χ3v) is 6.69. The molecule has 132 valence electrons. The molecule has 1 N–H and O–H groups in total. The maximum absolute atomic E-state index is 12.9. The van der Waals surface area contributed by atoms with E-state index in [4.69, 9.17) is 0 Å². The van der Waals surface area contributed by atoms with Gasteiger partial charge in [0.1, 0.15) is 4.90 Å². The molecule has 2 heterocycles. The standard InChI is InChI=1S/C17H25N3O2S2/c1-17(2,3)16-15(12-20(19-16)13-7-4-5-8-13)24(21,22)18-11-14-9-6-10-23-14/h6,9-10,12-13,18H,4-5,7-8,11H2,1-3H3. The molecule has 0 bridgehead atoms. The van der Waals surface area contributed by atoms with Gasteiger partial charge in [0.05, 0.1) is 11.7 Å². The molecule has 2 aromatic heterocycles. The molecule has 5 nitrogen and oxygen atoms in total. The summed E-state index contributed by atoms with van der Waals surface area (Å²) in [7, 11) is -3.59. The Morgan fingerprint density at radius 2 is 2.04 bits per heavy atom. The molecule has 0 saturated heterocycles. The fourth-order valence-corrected chi connectivity index (χ4v) is 5.19. The molecule has 1 saturated carbocycles. The zero-order valence-electron chi connectivity index (χ0n) is 14.4. The van der Waals surface area contributed by atoms with E-state index in [0.717, 1.165) is 17.7 Å². The summed E-state index contributed by atoms with van der Waals surface area (Å²) >= 11 is 1.55. The van der Waals surface area contributed by atoms with E-state index >= 15 is 0 Å². The molecule has 0 aromatic carbocycles. The molecule has 0 unspecified atom stereocenters. The fourth-order valence-electron chi connectivity index (χ4n) is 3.10. The Kier molecular flexibility index (Phi) is 4.86. The molecule has 24 heavy (non-hydrogen) atoms. The predicted octanol–water partition coefficient (Wildman–Crippen LogP) is 3.84. The van der Waals surface area contributed by atoms with Crippen LogP contribution in [0.3, 0.4) is 0 Å². The third-order valence-electron chi connectivity index (χ3n) is 4.41. The second kappa shape index (κ2) is 6.61. The van der Waals surface area contributed by atoms with Crippen LogP contribution in [0.1, 0.15) is 63.1 Å². The monoisotopic (exact) mass is 367 g/mol. The largest absolute Gasteiger partial charge is 0.268 e. The van der Waals surface area contributed by atoms with Crippen molar-refractivity contribution in [2.45, 2.75) is 69.4 Å². The Labute approximate surface area is 148 Å². The SMILES string of the molecule is CC(C)(C)c1nn(C2CCCC2)cc1S(=O)(=O)NCc1cccs1. The number of nitrogens with zero attached hydrogens (tertiary/aromatic N) is 2. The number of rotatable bonds is 5. The first-order chi connectivity index (χ1) is 11.3. The van der Waals surface area contributed by atoms with E-state index in [-0.39, 0.29) is 5.41 Å². The first-order valence-corrected chi connectivity index (χ1v) is 10.8. The number of nitrogens with one attached hydrogen (secondary N) is 1. The first-order valence-electron chi connectivity index (χ1n) is 8.39. The highest BCUT2D eigenvalue weighted by Crippen LogP contribution is 2.33. The van der Waals surface area contributed by atoms with Crippen molar-refractivity contribution in [2.75, 3.05) is 0 Å². The second-order valence-electron chi connectivity index (χ2n) is 7.41. The normalized spacial score (nSPS) is 16.8. The average Bonchev–Trinajstić information content (AvgIpc) is 3.23. The zero-order chi connectivity index (χ0) is 17.4. The van der Waals surface area contributed by atoms with E-state index in [1.54, 1.807) is 17.5 Å². The summed E-state index contributed by atoms with van der Waals surface area (Å²) in [5.41, 5.74) is 0.324. The molecule has 7 heteroatoms. The predicted molar refractivity (Wildman–Crippen MR) is 96.8 cm³/mol. The highest BCUT2D eigenvalue weighted by molar-refractivity contribution is 7.89. The summed E-state index contributed by atoms with van der Waals surface area (Å²) in [4.78, 5) is 1.32. The van der Waals surface area contributed by atoms with Gasteiger partial charge in [-0.05, 0) is 24.3 Å². The van der Waals surface area contributed by atoms with Gasteiger partial charge in [0, 0.05) is 23.0 Å². The minimum atomic E-state index is -3.59. The van der Waals surface area contributed by atoms with Gasteiger partial charge >= 0.3 is 0 Å². The van der Waals surface area contributed by atoms with Gasteiger partial charge in [0.2, 0.25) is 10.0 Å². The zero-order valence-corrected chi connectivity index (χ0v) is 16.1. The van der Waals surface area contributed by atoms with Crippen LogP contribution in [0, 0.1) is 0 Å². The van der Waals surface area contributed by atoms with Crippen molar-refractivity contribution in [2.24, 2.45) is 0 Å². The maximum atomic E-state index is 12.9. The van der Waals surface area contributed by atoms with Crippen LogP contribution in [0.5, 0.6) is 0 Å². The minimum absolute atomic E-state index is 0.318. The van der Waals surface area contributed by atoms with Crippen LogP contribution in [0.15, 0.2) is 28.6 Å². The van der Waals surface area contributed by atoms with Crippen molar-refractivity contribution in [3.8, 4) is 0 Å². The number of hydrogen-bond acceptors (Lipinski definition) is 4. The Morgan fingerprint density at radius 1 is 1.33 bits per heavy atom. The molecular weight excluding hydrogens is 342 g/mol. The molecule has 2 aromatic rings. The van der Waals surface area contributed by atoms with Gasteiger partial charge in [-0.1, -0.05) is 39.7 Å². The van der Waals surface area contributed by atoms with E-state index < -0.39 is 10.0 Å². The molecule has 0 spiro atoms. The van der Waals surface area contributed by atoms with Crippen molar-refractivity contribution >= 4 is 21.4 Å². The Balaban J connectivity index is 1.92. The smallest absolute Gasteiger partial charge is 0.244 e. The van der Waals surface area contributed by atoms with E-state index in [1.165, 1.54) is 12.8 Å². The topological polar surface area (TPSA) is 64.0 Å². The van der Waals surface area contributed by atoms with Gasteiger partial charge in [0.15, 0.2) is 0 Å². The average molecular weight is 368 g/mol. The molecule has 1 aliphatic rings. The van der Waals surface area contributed by atoms with Gasteiger partial charge in [-0.2, -0.15) is 5.10 Å². The summed E-state index contributed by atoms with van der Waals surface area (Å²) in [6, 6.07) is 4.18. The molecule has 1 aliphatic carbocycles. The van der Waals surface area contributed by atoms with Crippen LogP contribution in [0.25, 0.3) is 0 Å². The Hall–Kier alpha value is -1.18. The van der Waals surface area contributed by atoms with Crippen LogP contribution in [0.2, 0.25) is 0 Å². The van der Waals surface area contributed by atoms with Crippen molar-refractivity contribution in [1.29, 1.82) is 0 Å². The molecule has 0 radical (unpaired) electrons. The van der Waals surface area contributed by atoms with Gasteiger partial charge in [-0.25, -0.2) is 13.1 Å². The van der Waals surface area contributed by atoms with Gasteiger partial charge < -0.3 is 0 Å². The van der Waals surface area contributed by atoms with E-state index in [0.29, 0.717) is 23.2 Å². The van der Waals surface area contributed by atoms with Crippen LogP contribution in [-0.4, -0.2) is 18.2 Å². The molecular formula is C17H25N3O2S2. The fraction of sp³-hybridized carbons (Fsp3) is 0.588. The van der Waals surface area contributed by atoms with Crippen molar-refractivity contribution in [1.82, 2.24) is 14.5 Å². The molecule has 3 rings (SSSR count). The van der Waals surface area contributed by atoms with Crippen LogP contribution >= 0.6 is 11.3 Å². The van der Waals surface area contributed by atoms with Gasteiger partial charge in [0.25, 0.3) is 0 Å². The highest BCUT2D eigenvalue weighted by Gasteiger charge is 2.31. The lowest BCUT2D eigenvalue weighted by Gasteiger charge is -2.17. The molecule has 0 aliphatic heterocycles. The lowest BCUT2D eigenvalue weighted by molar-refractivity contribution is 0.448. The van der Waals surface area contributed by atoms with Gasteiger partial charge in [-0.15, -0.1) is 11.3 Å². The van der Waals surface area contributed by atoms with Crippen molar-refractivity contribution < 1.29 is 8.42 Å².